The summed E-state index contributed by atoms with van der Waals surface area (Å²) in [4.78, 5) is 27.3. The van der Waals surface area contributed by atoms with E-state index in [9.17, 15) is 4.79 Å². The fourth-order valence-electron chi connectivity index (χ4n) is 7.29. The fourth-order valence-corrected chi connectivity index (χ4v) is 9.80. The lowest BCUT2D eigenvalue weighted by Gasteiger charge is -2.41. The van der Waals surface area contributed by atoms with E-state index < -0.39 is 8.32 Å². The Balaban J connectivity index is 1.17. The molecule has 1 aromatic carbocycles. The number of pyridine rings is 1. The van der Waals surface area contributed by atoms with E-state index in [1.165, 1.54) is 33.9 Å². The molecule has 3 aliphatic carbocycles. The molecule has 1 amide bonds. The van der Waals surface area contributed by atoms with Crippen LogP contribution in [0.3, 0.4) is 0 Å². The number of ether oxygens (including phenoxy) is 1. The molecule has 3 fully saturated rings. The monoisotopic (exact) mass is 673 g/mol. The highest BCUT2D eigenvalue weighted by molar-refractivity contribution is 7.15. The van der Waals surface area contributed by atoms with Gasteiger partial charge in [0, 0.05) is 36.9 Å². The molecular weight excluding hydrogens is 619 g/mol. The summed E-state index contributed by atoms with van der Waals surface area (Å²) in [5, 5.41) is 1.43. The molecule has 0 unspecified atom stereocenters. The zero-order valence-electron chi connectivity index (χ0n) is 29.7. The first-order valence-electron chi connectivity index (χ1n) is 18.0. The van der Waals surface area contributed by atoms with Gasteiger partial charge in [-0.1, -0.05) is 32.9 Å². The smallest absolute Gasteiger partial charge is 0.231 e. The fraction of sp³-hybridized carbons (Fsp3) is 0.615. The Morgan fingerprint density at radius 3 is 2.28 bits per heavy atom. The number of carbonyl (C=O) groups is 1. The predicted octanol–water partition coefficient (Wildman–Crippen LogP) is 10.3. The Morgan fingerprint density at radius 2 is 1.64 bits per heavy atom. The number of methoxy groups -OCH3 is 1. The van der Waals surface area contributed by atoms with Crippen molar-refractivity contribution in [3.63, 3.8) is 0 Å². The molecule has 2 heterocycles. The first kappa shape index (κ1) is 34.3. The van der Waals surface area contributed by atoms with E-state index in [0.717, 1.165) is 75.0 Å². The average Bonchev–Trinajstić information content (AvgIpc) is 3.79. The maximum absolute atomic E-state index is 14.5. The van der Waals surface area contributed by atoms with Gasteiger partial charge in [0.15, 0.2) is 8.32 Å². The van der Waals surface area contributed by atoms with Crippen LogP contribution >= 0.6 is 11.3 Å². The number of nitrogens with zero attached hydrogens (tertiary/aromatic N) is 3. The minimum absolute atomic E-state index is 0.0169. The maximum atomic E-state index is 14.5. The van der Waals surface area contributed by atoms with E-state index in [-0.39, 0.29) is 23.0 Å². The van der Waals surface area contributed by atoms with Crippen LogP contribution < -0.4 is 9.64 Å². The topological polar surface area (TPSA) is 64.5 Å². The zero-order chi connectivity index (χ0) is 33.3. The van der Waals surface area contributed by atoms with Crippen LogP contribution in [-0.2, 0) is 9.22 Å². The third-order valence-electron chi connectivity index (χ3n) is 11.5. The van der Waals surface area contributed by atoms with E-state index in [0.29, 0.717) is 17.8 Å². The standard InChI is InChI=1S/C39H55N3O3SSi/c1-26-22-31(16-19-34(26)44-5)28-10-8-27(9-11-28)25-42(36-23-32(20-21-40-36)35-24-41-37(46-35)29-12-13-29)38(43)30-14-17-33(18-15-30)45-47(6,7)39(2,3)4/h16,19-24,27-30,33H,8-15,17-18,25H2,1-7H3. The second-order valence-electron chi connectivity index (χ2n) is 16.0. The van der Waals surface area contributed by atoms with Crippen molar-refractivity contribution in [2.24, 2.45) is 11.8 Å². The molecule has 254 valence electrons. The number of carbonyl (C=O) groups excluding carboxylic acids is 1. The van der Waals surface area contributed by atoms with Gasteiger partial charge < -0.3 is 9.16 Å². The van der Waals surface area contributed by atoms with E-state index in [4.69, 9.17) is 19.1 Å². The Kier molecular flexibility index (Phi) is 10.3. The minimum Gasteiger partial charge on any atom is -0.496 e. The number of aromatic nitrogens is 2. The summed E-state index contributed by atoms with van der Waals surface area (Å²) in [6.45, 7) is 14.5. The summed E-state index contributed by atoms with van der Waals surface area (Å²) in [6, 6.07) is 10.9. The number of aryl methyl sites for hydroxylation is 1. The van der Waals surface area contributed by atoms with Crippen LogP contribution in [0.15, 0.2) is 42.7 Å². The van der Waals surface area contributed by atoms with Crippen molar-refractivity contribution in [1.82, 2.24) is 9.97 Å². The lowest BCUT2D eigenvalue weighted by molar-refractivity contribution is -0.124. The molecule has 0 N–H and O–H groups in total. The lowest BCUT2D eigenvalue weighted by Crippen LogP contribution is -2.46. The highest BCUT2D eigenvalue weighted by Gasteiger charge is 2.41. The molecule has 0 bridgehead atoms. The molecular formula is C39H55N3O3SSi. The van der Waals surface area contributed by atoms with Gasteiger partial charge in [0.1, 0.15) is 11.6 Å². The van der Waals surface area contributed by atoms with E-state index in [1.807, 2.05) is 12.4 Å². The summed E-state index contributed by atoms with van der Waals surface area (Å²) in [5.74, 6) is 3.67. The van der Waals surface area contributed by atoms with Crippen LogP contribution in [0.1, 0.15) is 113 Å². The Morgan fingerprint density at radius 1 is 0.936 bits per heavy atom. The summed E-state index contributed by atoms with van der Waals surface area (Å²) in [6.07, 6.45) is 14.9. The van der Waals surface area contributed by atoms with Gasteiger partial charge in [-0.3, -0.25) is 9.69 Å². The van der Waals surface area contributed by atoms with Gasteiger partial charge in [-0.15, -0.1) is 11.3 Å². The summed E-state index contributed by atoms with van der Waals surface area (Å²) in [7, 11) is -0.101. The normalized spacial score (nSPS) is 23.8. The third kappa shape index (κ3) is 8.02. The molecule has 6 nitrogen and oxygen atoms in total. The lowest BCUT2D eigenvalue weighted by atomic mass is 9.78. The molecule has 8 heteroatoms. The molecule has 0 atom stereocenters. The molecule has 0 saturated heterocycles. The van der Waals surface area contributed by atoms with Gasteiger partial charge in [-0.05, 0) is 136 Å². The second-order valence-corrected chi connectivity index (χ2v) is 21.8. The molecule has 3 saturated carbocycles. The predicted molar refractivity (Wildman–Crippen MR) is 196 cm³/mol. The van der Waals surface area contributed by atoms with Gasteiger partial charge in [-0.2, -0.15) is 0 Å². The SMILES string of the molecule is COc1ccc(C2CCC(CN(C(=O)C3CCC(O[Si](C)(C)C(C)(C)C)CC3)c3cc(-c4cnc(C5CC5)s4)ccn3)CC2)cc1C. The average molecular weight is 674 g/mol. The van der Waals surface area contributed by atoms with Gasteiger partial charge in [0.25, 0.3) is 0 Å². The summed E-state index contributed by atoms with van der Waals surface area (Å²) < 4.78 is 12.3. The first-order valence-corrected chi connectivity index (χ1v) is 21.7. The number of hydrogen-bond acceptors (Lipinski definition) is 6. The molecule has 0 spiro atoms. The zero-order valence-corrected chi connectivity index (χ0v) is 31.5. The molecule has 0 radical (unpaired) electrons. The highest BCUT2D eigenvalue weighted by Crippen LogP contribution is 2.44. The quantitative estimate of drug-likeness (QED) is 0.200. The Labute approximate surface area is 287 Å². The van der Waals surface area contributed by atoms with Crippen LogP contribution in [0.2, 0.25) is 18.1 Å². The molecule has 6 rings (SSSR count). The van der Waals surface area contributed by atoms with Gasteiger partial charge in [0.2, 0.25) is 5.91 Å². The maximum Gasteiger partial charge on any atom is 0.231 e. The van der Waals surface area contributed by atoms with Crippen LogP contribution in [0, 0.1) is 18.8 Å². The minimum atomic E-state index is -1.84. The number of hydrogen-bond donors (Lipinski definition) is 0. The Hall–Kier alpha value is -2.55. The number of benzene rings is 1. The van der Waals surface area contributed by atoms with Crippen LogP contribution in [0.4, 0.5) is 5.82 Å². The molecule has 3 aromatic rings. The highest BCUT2D eigenvalue weighted by atomic mass is 32.1. The summed E-state index contributed by atoms with van der Waals surface area (Å²) >= 11 is 1.80. The van der Waals surface area contributed by atoms with E-state index in [2.05, 4.69) is 76.0 Å². The Bertz CT molecular complexity index is 1530. The first-order chi connectivity index (χ1) is 22.4. The summed E-state index contributed by atoms with van der Waals surface area (Å²) in [5.41, 5.74) is 3.72. The van der Waals surface area contributed by atoms with Crippen LogP contribution in [0.25, 0.3) is 10.4 Å². The van der Waals surface area contributed by atoms with E-state index in [1.54, 1.807) is 18.4 Å². The van der Waals surface area contributed by atoms with Gasteiger partial charge in [0.05, 0.1) is 17.0 Å². The third-order valence-corrected chi connectivity index (χ3v) is 17.2. The molecule has 2 aromatic heterocycles. The van der Waals surface area contributed by atoms with Crippen molar-refractivity contribution >= 4 is 31.4 Å². The number of rotatable bonds is 10. The molecule has 0 aliphatic heterocycles. The van der Waals surface area contributed by atoms with Crippen molar-refractivity contribution in [2.75, 3.05) is 18.6 Å². The van der Waals surface area contributed by atoms with Crippen LogP contribution in [-0.4, -0.2) is 44.0 Å². The number of thiazole rings is 1. The van der Waals surface area contributed by atoms with Crippen LogP contribution in [0.5, 0.6) is 5.75 Å². The largest absolute Gasteiger partial charge is 0.496 e. The van der Waals surface area contributed by atoms with Gasteiger partial charge in [-0.25, -0.2) is 9.97 Å². The number of anilines is 1. The van der Waals surface area contributed by atoms with Gasteiger partial charge >= 0.3 is 0 Å². The molecule has 3 aliphatic rings. The van der Waals surface area contributed by atoms with E-state index >= 15 is 0 Å². The van der Waals surface area contributed by atoms with Crippen molar-refractivity contribution in [1.29, 1.82) is 0 Å². The van der Waals surface area contributed by atoms with Crippen molar-refractivity contribution in [3.05, 3.63) is 58.9 Å². The van der Waals surface area contributed by atoms with Crippen molar-refractivity contribution < 1.29 is 14.0 Å². The second kappa shape index (κ2) is 14.1. The van der Waals surface area contributed by atoms with Crippen molar-refractivity contribution in [3.8, 4) is 16.2 Å². The van der Waals surface area contributed by atoms with Crippen molar-refractivity contribution in [2.45, 2.75) is 128 Å². The number of amides is 1. The molecule has 47 heavy (non-hydrogen) atoms.